The maximum atomic E-state index is 14.6. The summed E-state index contributed by atoms with van der Waals surface area (Å²) in [6.45, 7) is 8.55. The average Bonchev–Trinajstić information content (AvgIpc) is 3.14. The Labute approximate surface area is 152 Å². The lowest BCUT2D eigenvalue weighted by atomic mass is 10.0. The normalized spacial score (nSPS) is 26.4. The molecule has 0 unspecified atom stereocenters. The molecule has 1 N–H and O–H groups in total. The number of pyridine rings is 1. The Bertz CT molecular complexity index is 834. The molecule has 0 saturated carbocycles. The number of aromatic nitrogens is 2. The zero-order valence-electron chi connectivity index (χ0n) is 15.4. The zero-order valence-corrected chi connectivity index (χ0v) is 15.4. The van der Waals surface area contributed by atoms with Gasteiger partial charge in [-0.25, -0.2) is 4.98 Å². The van der Waals surface area contributed by atoms with Gasteiger partial charge in [0, 0.05) is 31.4 Å². The van der Waals surface area contributed by atoms with Crippen LogP contribution in [0.3, 0.4) is 0 Å². The number of fused-ring (bicyclic) bond motifs is 2. The molecule has 0 aliphatic carbocycles. The van der Waals surface area contributed by atoms with Gasteiger partial charge < -0.3 is 10.1 Å². The van der Waals surface area contributed by atoms with Gasteiger partial charge >= 0.3 is 0 Å². The minimum atomic E-state index is -0.611. The molecule has 0 bridgehead atoms. The molecule has 3 atom stereocenters. The van der Waals surface area contributed by atoms with Crippen LogP contribution < -0.4 is 5.32 Å². The topological polar surface area (TPSA) is 58.9 Å². The fraction of sp³-hybridized carbons (Fsp3) is 0.579. The molecule has 0 spiro atoms. The number of nitrogens with one attached hydrogen (secondary N) is 1. The fourth-order valence-electron chi connectivity index (χ4n) is 3.93. The lowest BCUT2D eigenvalue weighted by Crippen LogP contribution is -2.48. The first-order chi connectivity index (χ1) is 12.4. The predicted octanol–water partition coefficient (Wildman–Crippen LogP) is 2.01. The van der Waals surface area contributed by atoms with Crippen molar-refractivity contribution in [3.8, 4) is 0 Å². The van der Waals surface area contributed by atoms with Crippen LogP contribution in [0.2, 0.25) is 0 Å². The van der Waals surface area contributed by atoms with E-state index in [1.54, 1.807) is 12.3 Å². The van der Waals surface area contributed by atoms with Crippen LogP contribution in [0.5, 0.6) is 0 Å². The van der Waals surface area contributed by atoms with Crippen LogP contribution in [-0.2, 0) is 4.74 Å². The molecule has 4 heterocycles. The zero-order chi connectivity index (χ0) is 18.4. The van der Waals surface area contributed by atoms with E-state index in [0.717, 1.165) is 25.1 Å². The number of carbonyl (C=O) groups excluding carboxylic acids is 1. The molecule has 7 heteroatoms. The van der Waals surface area contributed by atoms with Gasteiger partial charge in [0.05, 0.1) is 12.7 Å². The van der Waals surface area contributed by atoms with Crippen molar-refractivity contribution in [3.63, 3.8) is 0 Å². The second kappa shape index (κ2) is 6.63. The highest BCUT2D eigenvalue weighted by molar-refractivity contribution is 5.93. The summed E-state index contributed by atoms with van der Waals surface area (Å²) in [4.78, 5) is 19.1. The maximum Gasteiger partial charge on any atom is 0.274 e. The summed E-state index contributed by atoms with van der Waals surface area (Å²) in [6.07, 6.45) is 2.71. The molecule has 4 rings (SSSR count). The average molecular weight is 360 g/mol. The third kappa shape index (κ3) is 3.10. The summed E-state index contributed by atoms with van der Waals surface area (Å²) in [5.41, 5.74) is 1.21. The van der Waals surface area contributed by atoms with Gasteiger partial charge in [-0.1, -0.05) is 19.9 Å². The molecule has 140 valence electrons. The molecule has 0 aromatic carbocycles. The molecule has 2 aliphatic heterocycles. The summed E-state index contributed by atoms with van der Waals surface area (Å²) < 4.78 is 21.8. The van der Waals surface area contributed by atoms with Gasteiger partial charge in [0.25, 0.3) is 5.91 Å². The van der Waals surface area contributed by atoms with Crippen molar-refractivity contribution in [2.24, 2.45) is 5.92 Å². The lowest BCUT2D eigenvalue weighted by molar-refractivity contribution is -0.0683. The Morgan fingerprint density at radius 1 is 1.38 bits per heavy atom. The number of carbonyl (C=O) groups is 1. The second-order valence-electron chi connectivity index (χ2n) is 7.82. The van der Waals surface area contributed by atoms with E-state index >= 15 is 0 Å². The van der Waals surface area contributed by atoms with Crippen molar-refractivity contribution in [1.29, 1.82) is 0 Å². The first-order valence-corrected chi connectivity index (χ1v) is 9.23. The van der Waals surface area contributed by atoms with Crippen LogP contribution in [-0.4, -0.2) is 58.1 Å². The van der Waals surface area contributed by atoms with Crippen LogP contribution in [0.25, 0.3) is 5.65 Å². The molecule has 0 radical (unpaired) electrons. The molecule has 6 nitrogen and oxygen atoms in total. The van der Waals surface area contributed by atoms with Gasteiger partial charge in [-0.05, 0) is 30.9 Å². The van der Waals surface area contributed by atoms with E-state index in [1.807, 2.05) is 13.0 Å². The number of morpholine rings is 1. The minimum absolute atomic E-state index is 0.00652. The summed E-state index contributed by atoms with van der Waals surface area (Å²) in [6, 6.07) is 3.88. The number of amides is 1. The number of aryl methyl sites for hydroxylation is 1. The molecule has 1 amide bonds. The van der Waals surface area contributed by atoms with Gasteiger partial charge in [-0.15, -0.1) is 0 Å². The van der Waals surface area contributed by atoms with Gasteiger partial charge in [0.1, 0.15) is 5.65 Å². The number of hydrogen-bond donors (Lipinski definition) is 1. The van der Waals surface area contributed by atoms with E-state index < -0.39 is 11.9 Å². The van der Waals surface area contributed by atoms with Crippen LogP contribution in [0.4, 0.5) is 4.39 Å². The first kappa shape index (κ1) is 17.4. The Hall–Kier alpha value is -1.99. The van der Waals surface area contributed by atoms with Crippen LogP contribution in [0, 0.1) is 18.8 Å². The first-order valence-electron chi connectivity index (χ1n) is 9.23. The highest BCUT2D eigenvalue weighted by Crippen LogP contribution is 2.26. The SMILES string of the molecule is Cc1ccc2nc(C(=O)N[C@H]3C[C@H]4CO[C@H](C(C)C)CN4C3)c(F)n2c1. The lowest BCUT2D eigenvalue weighted by Gasteiger charge is -2.36. The molecular formula is C19H25FN4O2. The van der Waals surface area contributed by atoms with Gasteiger partial charge in [-0.3, -0.25) is 14.1 Å². The fourth-order valence-corrected chi connectivity index (χ4v) is 3.93. The quantitative estimate of drug-likeness (QED) is 0.910. The van der Waals surface area contributed by atoms with Crippen LogP contribution in [0.1, 0.15) is 36.3 Å². The Kier molecular flexibility index (Phi) is 4.44. The highest BCUT2D eigenvalue weighted by Gasteiger charge is 2.39. The molecule has 2 aliphatic rings. The smallest absolute Gasteiger partial charge is 0.274 e. The Balaban J connectivity index is 1.45. The van der Waals surface area contributed by atoms with E-state index in [4.69, 9.17) is 4.74 Å². The van der Waals surface area contributed by atoms with E-state index in [9.17, 15) is 9.18 Å². The summed E-state index contributed by atoms with van der Waals surface area (Å²) in [5, 5.41) is 2.96. The van der Waals surface area contributed by atoms with Gasteiger partial charge in [-0.2, -0.15) is 4.39 Å². The Morgan fingerprint density at radius 2 is 2.19 bits per heavy atom. The molecule has 2 aromatic heterocycles. The minimum Gasteiger partial charge on any atom is -0.375 e. The van der Waals surface area contributed by atoms with E-state index in [2.05, 4.69) is 29.0 Å². The number of rotatable bonds is 3. The predicted molar refractivity (Wildman–Crippen MR) is 95.7 cm³/mol. The molecule has 2 saturated heterocycles. The van der Waals surface area contributed by atoms with Gasteiger partial charge in [0.2, 0.25) is 5.95 Å². The van der Waals surface area contributed by atoms with Crippen molar-refractivity contribution in [3.05, 3.63) is 35.5 Å². The maximum absolute atomic E-state index is 14.6. The van der Waals surface area contributed by atoms with Crippen molar-refractivity contribution >= 4 is 11.6 Å². The van der Waals surface area contributed by atoms with Crippen LogP contribution >= 0.6 is 0 Å². The number of imidazole rings is 1. The van der Waals surface area contributed by atoms with Gasteiger partial charge in [0.15, 0.2) is 5.69 Å². The third-order valence-electron chi connectivity index (χ3n) is 5.45. The molecule has 26 heavy (non-hydrogen) atoms. The number of ether oxygens (including phenoxy) is 1. The third-order valence-corrected chi connectivity index (χ3v) is 5.45. The van der Waals surface area contributed by atoms with E-state index in [0.29, 0.717) is 24.2 Å². The largest absolute Gasteiger partial charge is 0.375 e. The number of halogens is 1. The number of hydrogen-bond acceptors (Lipinski definition) is 4. The number of nitrogens with zero attached hydrogens (tertiary/aromatic N) is 3. The van der Waals surface area contributed by atoms with Crippen molar-refractivity contribution in [2.45, 2.75) is 45.4 Å². The monoisotopic (exact) mass is 360 g/mol. The summed E-state index contributed by atoms with van der Waals surface area (Å²) in [5.74, 6) is -0.588. The second-order valence-corrected chi connectivity index (χ2v) is 7.82. The van der Waals surface area contributed by atoms with Crippen LogP contribution in [0.15, 0.2) is 18.3 Å². The van der Waals surface area contributed by atoms with Crippen molar-refractivity contribution in [1.82, 2.24) is 19.6 Å². The molecule has 2 aromatic rings. The molecule has 2 fully saturated rings. The van der Waals surface area contributed by atoms with E-state index in [-0.39, 0.29) is 17.8 Å². The molecular weight excluding hydrogens is 335 g/mol. The van der Waals surface area contributed by atoms with Crippen molar-refractivity contribution in [2.75, 3.05) is 19.7 Å². The van der Waals surface area contributed by atoms with Crippen molar-refractivity contribution < 1.29 is 13.9 Å². The van der Waals surface area contributed by atoms with E-state index in [1.165, 1.54) is 4.40 Å². The summed E-state index contributed by atoms with van der Waals surface area (Å²) >= 11 is 0. The Morgan fingerprint density at radius 3 is 2.96 bits per heavy atom. The summed E-state index contributed by atoms with van der Waals surface area (Å²) in [7, 11) is 0. The standard InChI is InChI=1S/C19H25FN4O2/c1-11(2)15-9-23-8-13(6-14(23)10-26-15)21-19(25)17-18(20)24-7-12(3)4-5-16(24)22-17/h4-5,7,11,13-15H,6,8-10H2,1-3H3,(H,21,25)/t13-,14-,15-/m0/s1. The highest BCUT2D eigenvalue weighted by atomic mass is 19.1.